The van der Waals surface area contributed by atoms with Crippen LogP contribution in [0.15, 0.2) is 29.4 Å². The van der Waals surface area contributed by atoms with Crippen molar-refractivity contribution in [1.29, 1.82) is 0 Å². The van der Waals surface area contributed by atoms with E-state index in [1.54, 1.807) is 18.0 Å². The molecule has 0 amide bonds. The summed E-state index contributed by atoms with van der Waals surface area (Å²) in [6.45, 7) is 10.6. The van der Waals surface area contributed by atoms with Gasteiger partial charge in [0.25, 0.3) is 0 Å². The molecule has 32 heavy (non-hydrogen) atoms. The third-order valence-electron chi connectivity index (χ3n) is 7.55. The Morgan fingerprint density at radius 3 is 2.59 bits per heavy atom. The summed E-state index contributed by atoms with van der Waals surface area (Å²) in [6, 6.07) is 5.84. The molecule has 4 fully saturated rings. The minimum absolute atomic E-state index is 0.0288. The molecule has 0 spiro atoms. The van der Waals surface area contributed by atoms with Gasteiger partial charge in [-0.05, 0) is 56.6 Å². The average Bonchev–Trinajstić information content (AvgIpc) is 3.35. The first kappa shape index (κ1) is 22.6. The van der Waals surface area contributed by atoms with Gasteiger partial charge >= 0.3 is 5.97 Å². The smallest absolute Gasteiger partial charge is 0.313 e. The predicted octanol–water partition coefficient (Wildman–Crippen LogP) is 4.46. The number of esters is 1. The normalized spacial score (nSPS) is 42.2. The van der Waals surface area contributed by atoms with Gasteiger partial charge in [0.2, 0.25) is 0 Å². The summed E-state index contributed by atoms with van der Waals surface area (Å²) in [4.78, 5) is 18.2. The number of ether oxygens (including phenoxy) is 4. The van der Waals surface area contributed by atoms with Gasteiger partial charge in [0, 0.05) is 6.20 Å². The molecule has 7 heteroatoms. The standard InChI is InChI=1S/C25H35NO5S/c1-13(2)15-10-9-14(3)12-16(15)28-24(27)18-19-20-21(31-25(4,5)30-20)22(29-19)23(18)32-17-8-6-7-11-26-17/h6-8,11,13-16,18-23H,9-10,12H2,1-5H3/t14-,15+,16-,18+,19+,20+,21+,22+,23+/m1/s1. The molecule has 3 aliphatic heterocycles. The van der Waals surface area contributed by atoms with Gasteiger partial charge in [-0.2, -0.15) is 0 Å². The number of pyridine rings is 1. The molecule has 4 heterocycles. The maximum absolute atomic E-state index is 13.7. The van der Waals surface area contributed by atoms with Crippen molar-refractivity contribution >= 4 is 17.7 Å². The predicted molar refractivity (Wildman–Crippen MR) is 121 cm³/mol. The van der Waals surface area contributed by atoms with Crippen LogP contribution in [0.5, 0.6) is 0 Å². The van der Waals surface area contributed by atoms with Crippen LogP contribution in [0.25, 0.3) is 0 Å². The number of nitrogens with zero attached hydrogens (tertiary/aromatic N) is 1. The Morgan fingerprint density at radius 1 is 1.16 bits per heavy atom. The van der Waals surface area contributed by atoms with Gasteiger partial charge in [-0.3, -0.25) is 4.79 Å². The van der Waals surface area contributed by atoms with Crippen LogP contribution in [-0.2, 0) is 23.7 Å². The zero-order valence-electron chi connectivity index (χ0n) is 19.6. The van der Waals surface area contributed by atoms with E-state index in [0.717, 1.165) is 17.9 Å². The van der Waals surface area contributed by atoms with Crippen molar-refractivity contribution in [2.24, 2.45) is 23.7 Å². The fourth-order valence-electron chi connectivity index (χ4n) is 6.05. The molecule has 0 unspecified atom stereocenters. The Balaban J connectivity index is 1.39. The quantitative estimate of drug-likeness (QED) is 0.600. The van der Waals surface area contributed by atoms with Crippen molar-refractivity contribution in [2.45, 2.75) is 100 Å². The van der Waals surface area contributed by atoms with Crippen LogP contribution in [0.2, 0.25) is 0 Å². The number of aromatic nitrogens is 1. The lowest BCUT2D eigenvalue weighted by molar-refractivity contribution is -0.182. The highest BCUT2D eigenvalue weighted by atomic mass is 32.2. The minimum Gasteiger partial charge on any atom is -0.462 e. The van der Waals surface area contributed by atoms with E-state index in [1.807, 2.05) is 32.0 Å². The van der Waals surface area contributed by atoms with E-state index in [-0.39, 0.29) is 41.7 Å². The van der Waals surface area contributed by atoms with E-state index >= 15 is 0 Å². The van der Waals surface area contributed by atoms with Gasteiger partial charge in [-0.15, -0.1) is 0 Å². The number of hydrogen-bond acceptors (Lipinski definition) is 7. The monoisotopic (exact) mass is 461 g/mol. The second-order valence-electron chi connectivity index (χ2n) is 10.7. The Morgan fingerprint density at radius 2 is 1.91 bits per heavy atom. The van der Waals surface area contributed by atoms with Crippen molar-refractivity contribution < 1.29 is 23.7 Å². The molecule has 1 aromatic rings. The molecular weight excluding hydrogens is 426 g/mol. The zero-order chi connectivity index (χ0) is 22.6. The Bertz CT molecular complexity index is 833. The zero-order valence-corrected chi connectivity index (χ0v) is 20.4. The largest absolute Gasteiger partial charge is 0.462 e. The van der Waals surface area contributed by atoms with Gasteiger partial charge in [0.05, 0.1) is 10.3 Å². The Kier molecular flexibility index (Phi) is 6.06. The molecule has 3 saturated heterocycles. The summed E-state index contributed by atoms with van der Waals surface area (Å²) < 4.78 is 25.0. The van der Waals surface area contributed by atoms with Gasteiger partial charge in [-0.25, -0.2) is 4.98 Å². The second-order valence-corrected chi connectivity index (χ2v) is 11.9. The lowest BCUT2D eigenvalue weighted by atomic mass is 9.75. The van der Waals surface area contributed by atoms with Gasteiger partial charge in [-0.1, -0.05) is 45.0 Å². The lowest BCUT2D eigenvalue weighted by Gasteiger charge is -2.38. The summed E-state index contributed by atoms with van der Waals surface area (Å²) in [7, 11) is 0. The van der Waals surface area contributed by atoms with Gasteiger partial charge in [0.15, 0.2) is 5.79 Å². The summed E-state index contributed by atoms with van der Waals surface area (Å²) in [5, 5.41) is 0.771. The number of carbonyl (C=O) groups excluding carboxylic acids is 1. The maximum Gasteiger partial charge on any atom is 0.313 e. The van der Waals surface area contributed by atoms with E-state index in [0.29, 0.717) is 17.8 Å². The number of thioether (sulfide) groups is 1. The van der Waals surface area contributed by atoms with Crippen LogP contribution in [0.4, 0.5) is 0 Å². The molecule has 4 aliphatic rings. The summed E-state index contributed by atoms with van der Waals surface area (Å²) in [6.07, 6.45) is 4.04. The molecule has 5 rings (SSSR count). The van der Waals surface area contributed by atoms with Crippen LogP contribution < -0.4 is 0 Å². The number of rotatable bonds is 5. The van der Waals surface area contributed by atoms with Crippen LogP contribution >= 0.6 is 11.8 Å². The van der Waals surface area contributed by atoms with Crippen molar-refractivity contribution in [2.75, 3.05) is 0 Å². The maximum atomic E-state index is 13.7. The molecule has 0 N–H and O–H groups in total. The molecule has 176 valence electrons. The fourth-order valence-corrected chi connectivity index (χ4v) is 7.37. The molecular formula is C25H35NO5S. The molecule has 0 radical (unpaired) electrons. The summed E-state index contributed by atoms with van der Waals surface area (Å²) in [5.74, 6) is 0.268. The Labute approximate surface area is 195 Å². The summed E-state index contributed by atoms with van der Waals surface area (Å²) in [5.41, 5.74) is 0. The molecule has 6 nitrogen and oxygen atoms in total. The van der Waals surface area contributed by atoms with E-state index in [9.17, 15) is 4.79 Å². The number of carbonyl (C=O) groups is 1. The van der Waals surface area contributed by atoms with Gasteiger partial charge < -0.3 is 18.9 Å². The van der Waals surface area contributed by atoms with E-state index in [2.05, 4.69) is 25.8 Å². The van der Waals surface area contributed by atoms with Crippen LogP contribution in [0, 0.1) is 23.7 Å². The summed E-state index contributed by atoms with van der Waals surface area (Å²) >= 11 is 1.60. The highest BCUT2D eigenvalue weighted by molar-refractivity contribution is 8.00. The highest BCUT2D eigenvalue weighted by Crippen LogP contribution is 2.53. The van der Waals surface area contributed by atoms with Crippen molar-refractivity contribution in [3.63, 3.8) is 0 Å². The van der Waals surface area contributed by atoms with E-state index < -0.39 is 11.7 Å². The SMILES string of the molecule is CC(C)[C@@H]1CC[C@@H](C)C[C@H]1OC(=O)[C@H]1[C@@H]2O[C@@H]([C@H]3OC(C)(C)O[C@H]32)[C@H]1Sc1ccccn1. The average molecular weight is 462 g/mol. The van der Waals surface area contributed by atoms with Crippen LogP contribution in [0.1, 0.15) is 53.9 Å². The van der Waals surface area contributed by atoms with Gasteiger partial charge in [0.1, 0.15) is 36.4 Å². The number of fused-ring (bicyclic) bond motifs is 5. The molecule has 2 bridgehead atoms. The highest BCUT2D eigenvalue weighted by Gasteiger charge is 2.68. The number of hydrogen-bond donors (Lipinski definition) is 0. The molecule has 0 aromatic carbocycles. The third kappa shape index (κ3) is 4.10. The minimum atomic E-state index is -0.670. The van der Waals surface area contributed by atoms with Crippen LogP contribution in [0.3, 0.4) is 0 Å². The first-order valence-electron chi connectivity index (χ1n) is 12.0. The first-order chi connectivity index (χ1) is 15.2. The van der Waals surface area contributed by atoms with E-state index in [4.69, 9.17) is 18.9 Å². The van der Waals surface area contributed by atoms with E-state index in [1.165, 1.54) is 6.42 Å². The topological polar surface area (TPSA) is 66.9 Å². The third-order valence-corrected chi connectivity index (χ3v) is 8.87. The van der Waals surface area contributed by atoms with Crippen LogP contribution in [-0.4, -0.2) is 52.5 Å². The molecule has 1 saturated carbocycles. The first-order valence-corrected chi connectivity index (χ1v) is 12.9. The Hall–Kier alpha value is -1.15. The molecule has 1 aromatic heterocycles. The van der Waals surface area contributed by atoms with Crippen molar-refractivity contribution in [3.05, 3.63) is 24.4 Å². The molecule has 1 aliphatic carbocycles. The lowest BCUT2D eigenvalue weighted by Crippen LogP contribution is -2.51. The molecule has 9 atom stereocenters. The second kappa shape index (κ2) is 8.57. The van der Waals surface area contributed by atoms with Crippen molar-refractivity contribution in [3.8, 4) is 0 Å². The van der Waals surface area contributed by atoms with Crippen molar-refractivity contribution in [1.82, 2.24) is 4.98 Å². The fraction of sp³-hybridized carbons (Fsp3) is 0.760.